The number of benzene rings is 1. The van der Waals surface area contributed by atoms with E-state index >= 15 is 0 Å². The molecule has 0 N–H and O–H groups in total. The molecule has 1 aliphatic carbocycles. The Morgan fingerprint density at radius 3 is 2.70 bits per heavy atom. The summed E-state index contributed by atoms with van der Waals surface area (Å²) in [6.45, 7) is 0. The zero-order valence-electron chi connectivity index (χ0n) is 16.2. The van der Waals surface area contributed by atoms with Crippen molar-refractivity contribution in [3.8, 4) is 11.4 Å². The van der Waals surface area contributed by atoms with Gasteiger partial charge in [-0.15, -0.1) is 10.2 Å². The molecule has 30 heavy (non-hydrogen) atoms. The van der Waals surface area contributed by atoms with Gasteiger partial charge in [0.05, 0.1) is 10.7 Å². The van der Waals surface area contributed by atoms with Crippen molar-refractivity contribution >= 4 is 29.0 Å². The number of rotatable bonds is 5. The molecule has 3 heterocycles. The van der Waals surface area contributed by atoms with Gasteiger partial charge in [-0.05, 0) is 37.1 Å². The van der Waals surface area contributed by atoms with Gasteiger partial charge in [0, 0.05) is 29.6 Å². The second-order valence-electron chi connectivity index (χ2n) is 7.40. The lowest BCUT2D eigenvalue weighted by atomic mass is 10.2. The fraction of sp³-hybridized carbons (Fsp3) is 0.273. The van der Waals surface area contributed by atoms with Crippen LogP contribution < -0.4 is 5.56 Å². The number of nitrogens with zero attached hydrogens (tertiary/aromatic N) is 5. The molecule has 0 spiro atoms. The third kappa shape index (κ3) is 3.63. The Morgan fingerprint density at radius 1 is 1.07 bits per heavy atom. The first-order valence-corrected chi connectivity index (χ1v) is 11.4. The topological polar surface area (TPSA) is 65.1 Å². The number of aromatic nitrogens is 5. The second kappa shape index (κ2) is 8.24. The number of fused-ring (bicyclic) bond motifs is 1. The molecular weight excluding hydrogens is 418 g/mol. The van der Waals surface area contributed by atoms with Crippen LogP contribution in [0, 0.1) is 0 Å². The van der Waals surface area contributed by atoms with Crippen LogP contribution in [0.5, 0.6) is 0 Å². The minimum atomic E-state index is -0.0785. The fourth-order valence-corrected chi connectivity index (χ4v) is 5.13. The maximum atomic E-state index is 12.4. The zero-order valence-corrected chi connectivity index (χ0v) is 17.8. The molecule has 3 aromatic heterocycles. The second-order valence-corrected chi connectivity index (χ2v) is 8.75. The van der Waals surface area contributed by atoms with Crippen LogP contribution in [0.3, 0.4) is 0 Å². The first-order chi connectivity index (χ1) is 14.7. The van der Waals surface area contributed by atoms with E-state index in [0.29, 0.717) is 22.5 Å². The van der Waals surface area contributed by atoms with Crippen molar-refractivity contribution in [2.75, 3.05) is 0 Å². The Bertz CT molecular complexity index is 1260. The van der Waals surface area contributed by atoms with E-state index in [-0.39, 0.29) is 5.56 Å². The third-order valence-electron chi connectivity index (χ3n) is 5.44. The van der Waals surface area contributed by atoms with E-state index < -0.39 is 0 Å². The van der Waals surface area contributed by atoms with Gasteiger partial charge in [0.15, 0.2) is 11.0 Å². The van der Waals surface area contributed by atoms with Crippen molar-refractivity contribution in [1.82, 2.24) is 24.1 Å². The molecule has 8 heteroatoms. The van der Waals surface area contributed by atoms with Crippen LogP contribution in [0.1, 0.15) is 37.4 Å². The molecule has 1 saturated carbocycles. The first kappa shape index (κ1) is 19.3. The number of pyridine rings is 1. The number of halogens is 1. The Morgan fingerprint density at radius 2 is 1.87 bits per heavy atom. The van der Waals surface area contributed by atoms with Crippen molar-refractivity contribution in [2.24, 2.45) is 0 Å². The first-order valence-electron chi connectivity index (χ1n) is 10.0. The van der Waals surface area contributed by atoms with Gasteiger partial charge in [0.2, 0.25) is 0 Å². The van der Waals surface area contributed by atoms with E-state index in [0.717, 1.165) is 35.1 Å². The van der Waals surface area contributed by atoms with E-state index in [4.69, 9.17) is 11.6 Å². The van der Waals surface area contributed by atoms with Gasteiger partial charge in [-0.2, -0.15) is 0 Å². The Hall–Kier alpha value is -2.64. The van der Waals surface area contributed by atoms with E-state index in [2.05, 4.69) is 19.7 Å². The summed E-state index contributed by atoms with van der Waals surface area (Å²) in [5.74, 6) is 1.36. The fourth-order valence-electron chi connectivity index (χ4n) is 4.01. The van der Waals surface area contributed by atoms with Crippen molar-refractivity contribution in [3.05, 3.63) is 75.8 Å². The maximum Gasteiger partial charge on any atom is 0.258 e. The zero-order chi connectivity index (χ0) is 20.5. The van der Waals surface area contributed by atoms with Crippen molar-refractivity contribution in [1.29, 1.82) is 0 Å². The van der Waals surface area contributed by atoms with Crippen molar-refractivity contribution in [3.63, 3.8) is 0 Å². The average Bonchev–Trinajstić information content (AvgIpc) is 3.42. The molecule has 5 rings (SSSR count). The van der Waals surface area contributed by atoms with Crippen LogP contribution in [0.4, 0.5) is 0 Å². The molecule has 0 aliphatic heterocycles. The summed E-state index contributed by atoms with van der Waals surface area (Å²) in [5.41, 5.74) is 2.20. The predicted octanol–water partition coefficient (Wildman–Crippen LogP) is 5.01. The summed E-state index contributed by atoms with van der Waals surface area (Å²) >= 11 is 8.02. The van der Waals surface area contributed by atoms with Crippen LogP contribution in [-0.2, 0) is 5.75 Å². The largest absolute Gasteiger partial charge is 0.299 e. The van der Waals surface area contributed by atoms with Crippen molar-refractivity contribution in [2.45, 2.75) is 42.6 Å². The quantitative estimate of drug-likeness (QED) is 0.410. The van der Waals surface area contributed by atoms with Gasteiger partial charge < -0.3 is 0 Å². The molecule has 0 bridgehead atoms. The van der Waals surface area contributed by atoms with Crippen LogP contribution >= 0.6 is 23.4 Å². The smallest absolute Gasteiger partial charge is 0.258 e. The molecule has 4 aromatic rings. The monoisotopic (exact) mass is 437 g/mol. The highest BCUT2D eigenvalue weighted by Gasteiger charge is 2.25. The standard InChI is InChI=1S/C22H20ClN5OS/c23-18-10-4-3-9-17(18)21-25-26-22(28(21)16-7-1-2-8-16)30-14-15-13-20(29)27-12-6-5-11-19(27)24-15/h3-6,9-13,16H,1-2,7-8,14H2. The van der Waals surface area contributed by atoms with Gasteiger partial charge in [0.1, 0.15) is 5.65 Å². The number of hydrogen-bond acceptors (Lipinski definition) is 5. The maximum absolute atomic E-state index is 12.4. The molecule has 6 nitrogen and oxygen atoms in total. The van der Waals surface area contributed by atoms with Crippen molar-refractivity contribution < 1.29 is 0 Å². The summed E-state index contributed by atoms with van der Waals surface area (Å²) in [6.07, 6.45) is 6.36. The summed E-state index contributed by atoms with van der Waals surface area (Å²) < 4.78 is 3.78. The lowest BCUT2D eigenvalue weighted by Gasteiger charge is -2.17. The third-order valence-corrected chi connectivity index (χ3v) is 6.75. The van der Waals surface area contributed by atoms with E-state index in [1.165, 1.54) is 12.8 Å². The van der Waals surface area contributed by atoms with E-state index in [1.54, 1.807) is 28.4 Å². The van der Waals surface area contributed by atoms with Crippen LogP contribution in [0.2, 0.25) is 5.02 Å². The normalized spacial score (nSPS) is 14.6. The molecule has 0 atom stereocenters. The van der Waals surface area contributed by atoms with Gasteiger partial charge >= 0.3 is 0 Å². The van der Waals surface area contributed by atoms with Crippen LogP contribution in [0.15, 0.2) is 64.7 Å². The number of thioether (sulfide) groups is 1. The van der Waals surface area contributed by atoms with Crippen LogP contribution in [0.25, 0.3) is 17.0 Å². The molecule has 1 aromatic carbocycles. The summed E-state index contributed by atoms with van der Waals surface area (Å²) in [6, 6.07) is 15.2. The van der Waals surface area contributed by atoms with Crippen LogP contribution in [-0.4, -0.2) is 24.1 Å². The molecule has 0 unspecified atom stereocenters. The minimum absolute atomic E-state index is 0.0785. The molecule has 0 saturated heterocycles. The summed E-state index contributed by atoms with van der Waals surface area (Å²) in [5, 5.41) is 10.5. The highest BCUT2D eigenvalue weighted by molar-refractivity contribution is 7.98. The molecule has 152 valence electrons. The lowest BCUT2D eigenvalue weighted by Crippen LogP contribution is -2.15. The van der Waals surface area contributed by atoms with Gasteiger partial charge in [0.25, 0.3) is 5.56 Å². The Balaban J connectivity index is 1.49. The minimum Gasteiger partial charge on any atom is -0.299 e. The highest BCUT2D eigenvalue weighted by atomic mass is 35.5. The summed E-state index contributed by atoms with van der Waals surface area (Å²) in [4.78, 5) is 17.0. The van der Waals surface area contributed by atoms with Gasteiger partial charge in [-0.3, -0.25) is 13.8 Å². The molecular formula is C22H20ClN5OS. The molecule has 0 radical (unpaired) electrons. The lowest BCUT2D eigenvalue weighted by molar-refractivity contribution is 0.485. The summed E-state index contributed by atoms with van der Waals surface area (Å²) in [7, 11) is 0. The SMILES string of the molecule is O=c1cc(CSc2nnc(-c3ccccc3Cl)n2C2CCCC2)nc2ccccn12. The Kier molecular flexibility index (Phi) is 5.31. The predicted molar refractivity (Wildman–Crippen MR) is 119 cm³/mol. The van der Waals surface area contributed by atoms with Gasteiger partial charge in [-0.1, -0.05) is 54.4 Å². The van der Waals surface area contributed by atoms with E-state index in [1.807, 2.05) is 42.5 Å². The van der Waals surface area contributed by atoms with E-state index in [9.17, 15) is 4.79 Å². The molecule has 1 aliphatic rings. The molecule has 1 fully saturated rings. The molecule has 0 amide bonds. The average molecular weight is 438 g/mol. The highest BCUT2D eigenvalue weighted by Crippen LogP contribution is 2.38. The Labute approximate surface area is 182 Å². The van der Waals surface area contributed by atoms with Gasteiger partial charge in [-0.25, -0.2) is 4.98 Å². The number of hydrogen-bond donors (Lipinski definition) is 0.